The zero-order chi connectivity index (χ0) is 13.3. The fourth-order valence-corrected chi connectivity index (χ4v) is 1.44. The molecule has 9 heteroatoms. The first kappa shape index (κ1) is 14.1. The largest absolute Gasteiger partial charge is 0.459 e. The molecule has 0 amide bonds. The number of nitrogens with zero attached hydrogens (tertiary/aromatic N) is 2. The summed E-state index contributed by atoms with van der Waals surface area (Å²) < 4.78 is 62.5. The molecule has 3 nitrogen and oxygen atoms in total. The van der Waals surface area contributed by atoms with E-state index in [1.54, 1.807) is 0 Å². The molecular formula is C8H7BrF5N3. The summed E-state index contributed by atoms with van der Waals surface area (Å²) in [6, 6.07) is 0. The fraction of sp³-hybridized carbons (Fsp3) is 0.500. The van der Waals surface area contributed by atoms with Gasteiger partial charge in [-0.3, -0.25) is 0 Å². The van der Waals surface area contributed by atoms with Crippen molar-refractivity contribution < 1.29 is 22.0 Å². The van der Waals surface area contributed by atoms with E-state index in [2.05, 4.69) is 31.5 Å². The van der Waals surface area contributed by atoms with Crippen LogP contribution in [0.15, 0.2) is 32.3 Å². The van der Waals surface area contributed by atoms with E-state index in [9.17, 15) is 22.0 Å². The predicted molar refractivity (Wildman–Crippen MR) is 53.6 cm³/mol. The highest BCUT2D eigenvalue weighted by Crippen LogP contribution is 2.42. The van der Waals surface area contributed by atoms with E-state index in [0.29, 0.717) is 10.6 Å². The Balaban J connectivity index is 3.06. The number of allylic oxidation sites excluding steroid dienone is 3. The predicted octanol–water partition coefficient (Wildman–Crippen LogP) is 3.71. The second kappa shape index (κ2) is 4.71. The van der Waals surface area contributed by atoms with Gasteiger partial charge < -0.3 is 5.32 Å². The van der Waals surface area contributed by atoms with Crippen LogP contribution in [0.5, 0.6) is 0 Å². The number of hydrogen-bond acceptors (Lipinski definition) is 3. The van der Waals surface area contributed by atoms with Crippen molar-refractivity contribution in [1.82, 2.24) is 5.32 Å². The van der Waals surface area contributed by atoms with Gasteiger partial charge in [0.15, 0.2) is 5.82 Å². The van der Waals surface area contributed by atoms with Gasteiger partial charge in [0.25, 0.3) is 0 Å². The number of azo groups is 1. The van der Waals surface area contributed by atoms with Gasteiger partial charge in [-0.05, 0) is 6.08 Å². The van der Waals surface area contributed by atoms with Gasteiger partial charge in [-0.2, -0.15) is 22.0 Å². The van der Waals surface area contributed by atoms with Crippen LogP contribution in [0.4, 0.5) is 22.0 Å². The summed E-state index contributed by atoms with van der Waals surface area (Å²) in [6.07, 6.45) is -5.15. The zero-order valence-corrected chi connectivity index (χ0v) is 10.0. The third-order valence-corrected chi connectivity index (χ3v) is 2.60. The first-order valence-corrected chi connectivity index (χ1v) is 5.12. The third kappa shape index (κ3) is 2.82. The van der Waals surface area contributed by atoms with E-state index >= 15 is 0 Å². The van der Waals surface area contributed by atoms with Crippen LogP contribution in [-0.4, -0.2) is 19.1 Å². The minimum absolute atomic E-state index is 0.106. The van der Waals surface area contributed by atoms with Crippen LogP contribution in [-0.2, 0) is 0 Å². The molecule has 0 atom stereocenters. The van der Waals surface area contributed by atoms with Gasteiger partial charge in [0.2, 0.25) is 0 Å². The molecule has 0 aromatic carbocycles. The molecule has 0 fully saturated rings. The summed E-state index contributed by atoms with van der Waals surface area (Å²) in [5, 5.41) is 8.73. The molecule has 17 heavy (non-hydrogen) atoms. The van der Waals surface area contributed by atoms with Gasteiger partial charge >= 0.3 is 12.1 Å². The lowest BCUT2D eigenvalue weighted by atomic mass is 10.2. The monoisotopic (exact) mass is 319 g/mol. The van der Waals surface area contributed by atoms with Crippen molar-refractivity contribution in [1.29, 1.82) is 0 Å². The Hall–Kier alpha value is -0.990. The molecule has 0 saturated heterocycles. The van der Waals surface area contributed by atoms with E-state index in [1.807, 2.05) is 0 Å². The molecule has 1 rings (SSSR count). The van der Waals surface area contributed by atoms with Crippen molar-refractivity contribution in [2.45, 2.75) is 18.5 Å². The van der Waals surface area contributed by atoms with E-state index in [0.717, 1.165) is 0 Å². The van der Waals surface area contributed by atoms with Crippen LogP contribution < -0.4 is 5.32 Å². The number of alkyl halides is 5. The SMILES string of the molecule is CNC1=C(Br)CC=C(C(F)(F)C(F)(F)F)N=N1. The molecule has 1 aliphatic rings. The van der Waals surface area contributed by atoms with Crippen molar-refractivity contribution in [2.24, 2.45) is 10.2 Å². The maximum absolute atomic E-state index is 13.0. The second-order valence-corrected chi connectivity index (χ2v) is 4.03. The molecule has 0 unspecified atom stereocenters. The van der Waals surface area contributed by atoms with E-state index < -0.39 is 17.8 Å². The fourth-order valence-electron chi connectivity index (χ4n) is 1.00. The van der Waals surface area contributed by atoms with E-state index in [1.165, 1.54) is 7.05 Å². The van der Waals surface area contributed by atoms with Crippen molar-refractivity contribution in [3.05, 3.63) is 22.1 Å². The number of hydrogen-bond donors (Lipinski definition) is 1. The van der Waals surface area contributed by atoms with Gasteiger partial charge in [-0.25, -0.2) is 0 Å². The Kier molecular flexibility index (Phi) is 3.90. The Bertz CT molecular complexity index is 396. The molecule has 0 saturated carbocycles. The molecule has 1 N–H and O–H groups in total. The Morgan fingerprint density at radius 3 is 2.29 bits per heavy atom. The lowest BCUT2D eigenvalue weighted by Crippen LogP contribution is -2.37. The van der Waals surface area contributed by atoms with E-state index in [-0.39, 0.29) is 12.2 Å². The topological polar surface area (TPSA) is 36.8 Å². The molecule has 96 valence electrons. The van der Waals surface area contributed by atoms with Crippen LogP contribution in [0.3, 0.4) is 0 Å². The molecule has 1 heterocycles. The lowest BCUT2D eigenvalue weighted by Gasteiger charge is -2.18. The van der Waals surface area contributed by atoms with E-state index in [4.69, 9.17) is 0 Å². The first-order valence-electron chi connectivity index (χ1n) is 4.33. The molecule has 0 aliphatic carbocycles. The molecule has 0 radical (unpaired) electrons. The van der Waals surface area contributed by atoms with Crippen LogP contribution in [0, 0.1) is 0 Å². The van der Waals surface area contributed by atoms with Crippen molar-refractivity contribution in [2.75, 3.05) is 7.05 Å². The molecule has 0 bridgehead atoms. The van der Waals surface area contributed by atoms with Crippen molar-refractivity contribution in [3.8, 4) is 0 Å². The van der Waals surface area contributed by atoms with Crippen LogP contribution >= 0.6 is 15.9 Å². The van der Waals surface area contributed by atoms with Gasteiger partial charge in [-0.15, -0.1) is 10.2 Å². The zero-order valence-electron chi connectivity index (χ0n) is 8.45. The highest BCUT2D eigenvalue weighted by Gasteiger charge is 2.60. The standard InChI is InChI=1S/C8H7BrF5N3/c1-15-6-4(9)2-3-5(16-17-6)7(10,11)8(12,13)14/h3,15H,2H2,1H3. The van der Waals surface area contributed by atoms with Crippen LogP contribution in [0.2, 0.25) is 0 Å². The van der Waals surface area contributed by atoms with Gasteiger partial charge in [0.05, 0.1) is 0 Å². The normalized spacial score (nSPS) is 17.9. The number of halogens is 6. The second-order valence-electron chi connectivity index (χ2n) is 3.07. The summed E-state index contributed by atoms with van der Waals surface area (Å²) in [5.41, 5.74) is -1.41. The first-order chi connectivity index (χ1) is 7.70. The number of nitrogens with one attached hydrogen (secondary N) is 1. The van der Waals surface area contributed by atoms with Crippen LogP contribution in [0.1, 0.15) is 6.42 Å². The highest BCUT2D eigenvalue weighted by atomic mass is 79.9. The van der Waals surface area contributed by atoms with Crippen molar-refractivity contribution in [3.63, 3.8) is 0 Å². The quantitative estimate of drug-likeness (QED) is 0.774. The summed E-state index contributed by atoms with van der Waals surface area (Å²) in [6.45, 7) is 0. The maximum Gasteiger partial charge on any atom is 0.459 e. The van der Waals surface area contributed by atoms with Crippen LogP contribution in [0.25, 0.3) is 0 Å². The summed E-state index contributed by atoms with van der Waals surface area (Å²) >= 11 is 3.00. The van der Waals surface area contributed by atoms with Crippen molar-refractivity contribution >= 4 is 15.9 Å². The lowest BCUT2D eigenvalue weighted by molar-refractivity contribution is -0.264. The minimum atomic E-state index is -5.69. The molecular weight excluding hydrogens is 313 g/mol. The summed E-state index contributed by atoms with van der Waals surface area (Å²) in [4.78, 5) is 0. The molecule has 0 aromatic rings. The average molecular weight is 320 g/mol. The molecule has 1 aliphatic heterocycles. The average Bonchev–Trinajstić information content (AvgIpc) is 2.38. The van der Waals surface area contributed by atoms with Gasteiger partial charge in [0.1, 0.15) is 5.70 Å². The maximum atomic E-state index is 13.0. The molecule has 0 aromatic heterocycles. The Labute approximate surface area is 102 Å². The summed E-state index contributed by atoms with van der Waals surface area (Å²) in [5.74, 6) is -4.90. The summed E-state index contributed by atoms with van der Waals surface area (Å²) in [7, 11) is 1.45. The smallest absolute Gasteiger partial charge is 0.371 e. The van der Waals surface area contributed by atoms with Gasteiger partial charge in [0, 0.05) is 18.0 Å². The Morgan fingerprint density at radius 1 is 1.24 bits per heavy atom. The molecule has 0 spiro atoms. The minimum Gasteiger partial charge on any atom is -0.371 e. The third-order valence-electron chi connectivity index (χ3n) is 1.90. The highest BCUT2D eigenvalue weighted by molar-refractivity contribution is 9.11. The van der Waals surface area contributed by atoms with Gasteiger partial charge in [-0.1, -0.05) is 15.9 Å². The number of rotatable bonds is 2. The Morgan fingerprint density at radius 2 is 1.82 bits per heavy atom.